The van der Waals surface area contributed by atoms with Gasteiger partial charge in [0, 0.05) is 36.8 Å². The molecule has 0 bridgehead atoms. The average molecular weight is 491 g/mol. The molecule has 3 atom stereocenters. The molecule has 1 aliphatic carbocycles. The van der Waals surface area contributed by atoms with Crippen LogP contribution in [0, 0.1) is 5.92 Å². The first-order chi connectivity index (χ1) is 17.6. The van der Waals surface area contributed by atoms with Crippen molar-refractivity contribution in [3.8, 4) is 11.5 Å². The molecule has 4 aliphatic rings. The number of rotatable bonds is 5. The highest BCUT2D eigenvalue weighted by molar-refractivity contribution is 5.98. The predicted octanol–water partition coefficient (Wildman–Crippen LogP) is 4.05. The van der Waals surface area contributed by atoms with Gasteiger partial charge in [-0.3, -0.25) is 9.59 Å². The van der Waals surface area contributed by atoms with Crippen LogP contribution in [0.3, 0.4) is 0 Å². The Morgan fingerprint density at radius 3 is 2.58 bits per heavy atom. The van der Waals surface area contributed by atoms with Crippen molar-refractivity contribution in [1.29, 1.82) is 0 Å². The molecule has 1 N–H and O–H groups in total. The van der Waals surface area contributed by atoms with Gasteiger partial charge in [-0.25, -0.2) is 0 Å². The number of fused-ring (bicyclic) bond motifs is 2. The third-order valence-corrected chi connectivity index (χ3v) is 8.68. The fourth-order valence-electron chi connectivity index (χ4n) is 6.65. The molecule has 3 fully saturated rings. The summed E-state index contributed by atoms with van der Waals surface area (Å²) in [5.41, 5.74) is 1.55. The number of nitrogens with zero attached hydrogens (tertiary/aromatic N) is 1. The number of hydrogen-bond donors (Lipinski definition) is 1. The summed E-state index contributed by atoms with van der Waals surface area (Å²) < 4.78 is 16.8. The van der Waals surface area contributed by atoms with Crippen LogP contribution in [-0.4, -0.2) is 55.3 Å². The molecular weight excluding hydrogens is 456 g/mol. The van der Waals surface area contributed by atoms with Gasteiger partial charge in [0.25, 0.3) is 5.91 Å². The van der Waals surface area contributed by atoms with Gasteiger partial charge in [-0.1, -0.05) is 37.1 Å². The summed E-state index contributed by atoms with van der Waals surface area (Å²) >= 11 is 0. The Bertz CT molecular complexity index is 1110. The number of amides is 2. The van der Waals surface area contributed by atoms with E-state index < -0.39 is 6.04 Å². The van der Waals surface area contributed by atoms with Gasteiger partial charge in [0.2, 0.25) is 12.7 Å². The second kappa shape index (κ2) is 9.77. The summed E-state index contributed by atoms with van der Waals surface area (Å²) in [4.78, 5) is 29.3. The van der Waals surface area contributed by atoms with E-state index in [1.54, 1.807) is 0 Å². The molecule has 1 saturated carbocycles. The molecule has 0 aromatic heterocycles. The normalized spacial score (nSPS) is 26.3. The molecule has 0 spiro atoms. The van der Waals surface area contributed by atoms with Gasteiger partial charge in [0.15, 0.2) is 11.5 Å². The minimum absolute atomic E-state index is 0.0262. The topological polar surface area (TPSA) is 77.1 Å². The Balaban J connectivity index is 1.23. The quantitative estimate of drug-likeness (QED) is 0.684. The van der Waals surface area contributed by atoms with Crippen molar-refractivity contribution in [3.05, 3.63) is 59.7 Å². The van der Waals surface area contributed by atoms with Crippen LogP contribution in [-0.2, 0) is 14.9 Å². The van der Waals surface area contributed by atoms with Gasteiger partial charge in [-0.05, 0) is 67.9 Å². The summed E-state index contributed by atoms with van der Waals surface area (Å²) in [6, 6.07) is 15.2. The SMILES string of the molecule is O=C(NCC1(c2ccc3c(c2)OCO3)CCOCC1)C1CC2CCCCC2N1C(=O)c1ccccc1. The summed E-state index contributed by atoms with van der Waals surface area (Å²) in [5, 5.41) is 3.29. The minimum atomic E-state index is -0.431. The molecular formula is C29H34N2O5. The fraction of sp³-hybridized carbons (Fsp3) is 0.517. The lowest BCUT2D eigenvalue weighted by Crippen LogP contribution is -2.52. The van der Waals surface area contributed by atoms with Crippen LogP contribution < -0.4 is 14.8 Å². The first-order valence-corrected chi connectivity index (χ1v) is 13.3. The van der Waals surface area contributed by atoms with Gasteiger partial charge < -0.3 is 24.4 Å². The zero-order chi connectivity index (χ0) is 24.5. The second-order valence-corrected chi connectivity index (χ2v) is 10.6. The minimum Gasteiger partial charge on any atom is -0.454 e. The van der Waals surface area contributed by atoms with E-state index in [-0.39, 0.29) is 30.1 Å². The van der Waals surface area contributed by atoms with E-state index in [2.05, 4.69) is 17.4 Å². The van der Waals surface area contributed by atoms with Crippen molar-refractivity contribution < 1.29 is 23.8 Å². The highest BCUT2D eigenvalue weighted by Crippen LogP contribution is 2.42. The lowest BCUT2D eigenvalue weighted by molar-refractivity contribution is -0.125. The number of carbonyl (C=O) groups is 2. The van der Waals surface area contributed by atoms with Crippen LogP contribution in [0.25, 0.3) is 0 Å². The first kappa shape index (κ1) is 23.3. The molecule has 3 aliphatic heterocycles. The standard InChI is InChI=1S/C29H34N2O5/c32-27(24-16-21-8-4-5-9-23(21)31(24)28(33)20-6-2-1-3-7-20)30-18-29(12-14-34-15-13-29)22-10-11-25-26(17-22)36-19-35-25/h1-3,6-7,10-11,17,21,23-24H,4-5,8-9,12-16,18-19H2,(H,30,32). The number of likely N-dealkylation sites (tertiary alicyclic amines) is 1. The van der Waals surface area contributed by atoms with Crippen LogP contribution in [0.15, 0.2) is 48.5 Å². The number of carbonyl (C=O) groups excluding carboxylic acids is 2. The van der Waals surface area contributed by atoms with Crippen LogP contribution in [0.4, 0.5) is 0 Å². The van der Waals surface area contributed by atoms with Gasteiger partial charge in [0.05, 0.1) is 0 Å². The Morgan fingerprint density at radius 1 is 0.972 bits per heavy atom. The molecule has 6 rings (SSSR count). The monoisotopic (exact) mass is 490 g/mol. The van der Waals surface area contributed by atoms with Crippen LogP contribution in [0.1, 0.15) is 60.9 Å². The van der Waals surface area contributed by atoms with Crippen molar-refractivity contribution in [2.75, 3.05) is 26.6 Å². The van der Waals surface area contributed by atoms with Crippen molar-refractivity contribution in [2.45, 2.75) is 62.4 Å². The zero-order valence-electron chi connectivity index (χ0n) is 20.6. The summed E-state index contributed by atoms with van der Waals surface area (Å²) in [7, 11) is 0. The summed E-state index contributed by atoms with van der Waals surface area (Å²) in [6.45, 7) is 2.04. The highest BCUT2D eigenvalue weighted by atomic mass is 16.7. The maximum absolute atomic E-state index is 13.8. The van der Waals surface area contributed by atoms with E-state index in [1.165, 1.54) is 6.42 Å². The Hall–Kier alpha value is -3.06. The number of benzene rings is 2. The maximum atomic E-state index is 13.8. The molecule has 2 saturated heterocycles. The third kappa shape index (κ3) is 4.23. The van der Waals surface area contributed by atoms with E-state index in [1.807, 2.05) is 41.3 Å². The number of nitrogens with one attached hydrogen (secondary N) is 1. The lowest BCUT2D eigenvalue weighted by atomic mass is 9.74. The van der Waals surface area contributed by atoms with Crippen LogP contribution in [0.5, 0.6) is 11.5 Å². The molecule has 3 heterocycles. The number of ether oxygens (including phenoxy) is 3. The molecule has 3 unspecified atom stereocenters. The molecule has 190 valence electrons. The fourth-order valence-corrected chi connectivity index (χ4v) is 6.65. The van der Waals surface area contributed by atoms with E-state index in [0.29, 0.717) is 31.2 Å². The second-order valence-electron chi connectivity index (χ2n) is 10.6. The largest absolute Gasteiger partial charge is 0.454 e. The summed E-state index contributed by atoms with van der Waals surface area (Å²) in [5.74, 6) is 1.84. The average Bonchev–Trinajstić information content (AvgIpc) is 3.57. The molecule has 2 aromatic rings. The van der Waals surface area contributed by atoms with Gasteiger partial charge >= 0.3 is 0 Å². The molecule has 2 amide bonds. The molecule has 7 nitrogen and oxygen atoms in total. The van der Waals surface area contributed by atoms with Crippen molar-refractivity contribution in [2.24, 2.45) is 5.92 Å². The first-order valence-electron chi connectivity index (χ1n) is 13.3. The van der Waals surface area contributed by atoms with E-state index in [4.69, 9.17) is 14.2 Å². The van der Waals surface area contributed by atoms with E-state index in [0.717, 1.165) is 55.6 Å². The Labute approximate surface area is 212 Å². The van der Waals surface area contributed by atoms with Gasteiger partial charge in [-0.2, -0.15) is 0 Å². The maximum Gasteiger partial charge on any atom is 0.254 e. The zero-order valence-corrected chi connectivity index (χ0v) is 20.6. The number of hydrogen-bond acceptors (Lipinski definition) is 5. The Morgan fingerprint density at radius 2 is 1.75 bits per heavy atom. The van der Waals surface area contributed by atoms with Crippen LogP contribution >= 0.6 is 0 Å². The smallest absolute Gasteiger partial charge is 0.254 e. The highest BCUT2D eigenvalue weighted by Gasteiger charge is 2.48. The van der Waals surface area contributed by atoms with Crippen LogP contribution in [0.2, 0.25) is 0 Å². The van der Waals surface area contributed by atoms with E-state index >= 15 is 0 Å². The predicted molar refractivity (Wildman–Crippen MR) is 134 cm³/mol. The third-order valence-electron chi connectivity index (χ3n) is 8.68. The molecule has 2 aromatic carbocycles. The molecule has 7 heteroatoms. The van der Waals surface area contributed by atoms with Gasteiger partial charge in [-0.15, -0.1) is 0 Å². The van der Waals surface area contributed by atoms with Crippen molar-refractivity contribution in [1.82, 2.24) is 10.2 Å². The van der Waals surface area contributed by atoms with E-state index in [9.17, 15) is 9.59 Å². The van der Waals surface area contributed by atoms with Crippen molar-refractivity contribution >= 4 is 11.8 Å². The molecule has 0 radical (unpaired) electrons. The molecule has 36 heavy (non-hydrogen) atoms. The lowest BCUT2D eigenvalue weighted by Gasteiger charge is -2.39. The van der Waals surface area contributed by atoms with Crippen molar-refractivity contribution in [3.63, 3.8) is 0 Å². The Kier molecular flexibility index (Phi) is 6.34. The van der Waals surface area contributed by atoms with Gasteiger partial charge in [0.1, 0.15) is 6.04 Å². The summed E-state index contributed by atoms with van der Waals surface area (Å²) in [6.07, 6.45) is 6.73.